The van der Waals surface area contributed by atoms with Gasteiger partial charge in [0.1, 0.15) is 6.29 Å². The Balaban J connectivity index is 2.02. The number of nitrogens with one attached hydrogen (secondary N) is 1. The third kappa shape index (κ3) is 4.87. The van der Waals surface area contributed by atoms with E-state index in [0.717, 1.165) is 0 Å². The van der Waals surface area contributed by atoms with Crippen molar-refractivity contribution in [1.82, 2.24) is 0 Å². The predicted molar refractivity (Wildman–Crippen MR) is 89.0 cm³/mol. The van der Waals surface area contributed by atoms with E-state index >= 15 is 0 Å². The normalized spacial score (nSPS) is 10.0. The van der Waals surface area contributed by atoms with E-state index in [4.69, 9.17) is 32.7 Å². The third-order valence-electron chi connectivity index (χ3n) is 2.83. The van der Waals surface area contributed by atoms with E-state index in [9.17, 15) is 9.59 Å². The number of amides is 1. The zero-order valence-electron chi connectivity index (χ0n) is 12.1. The van der Waals surface area contributed by atoms with Crippen molar-refractivity contribution in [2.75, 3.05) is 19.0 Å². The average Bonchev–Trinajstić information content (AvgIpc) is 2.51. The van der Waals surface area contributed by atoms with Crippen LogP contribution in [0.2, 0.25) is 10.0 Å². The molecule has 0 aliphatic heterocycles. The topological polar surface area (TPSA) is 64.6 Å². The molecule has 5 nitrogen and oxygen atoms in total. The van der Waals surface area contributed by atoms with Gasteiger partial charge in [-0.05, 0) is 36.4 Å². The smallest absolute Gasteiger partial charge is 0.262 e. The van der Waals surface area contributed by atoms with E-state index in [2.05, 4.69) is 5.32 Å². The van der Waals surface area contributed by atoms with E-state index in [-0.39, 0.29) is 6.61 Å². The Morgan fingerprint density at radius 1 is 1.13 bits per heavy atom. The van der Waals surface area contributed by atoms with Gasteiger partial charge in [-0.1, -0.05) is 23.2 Å². The van der Waals surface area contributed by atoms with Crippen LogP contribution in [0.15, 0.2) is 36.4 Å². The molecule has 0 heterocycles. The molecule has 0 saturated carbocycles. The van der Waals surface area contributed by atoms with E-state index in [1.54, 1.807) is 30.3 Å². The fourth-order valence-corrected chi connectivity index (χ4v) is 2.37. The lowest BCUT2D eigenvalue weighted by Crippen LogP contribution is -2.20. The minimum absolute atomic E-state index is 0.261. The van der Waals surface area contributed by atoms with Crippen LogP contribution in [0, 0.1) is 0 Å². The monoisotopic (exact) mass is 353 g/mol. The van der Waals surface area contributed by atoms with Gasteiger partial charge in [0, 0.05) is 21.3 Å². The number of anilines is 1. The highest BCUT2D eigenvalue weighted by atomic mass is 35.5. The highest BCUT2D eigenvalue weighted by Gasteiger charge is 2.09. The minimum Gasteiger partial charge on any atom is -0.493 e. The lowest BCUT2D eigenvalue weighted by molar-refractivity contribution is -0.118. The van der Waals surface area contributed by atoms with Crippen LogP contribution in [0.1, 0.15) is 10.4 Å². The van der Waals surface area contributed by atoms with Gasteiger partial charge in [-0.2, -0.15) is 0 Å². The maximum atomic E-state index is 11.9. The molecule has 0 saturated heterocycles. The summed E-state index contributed by atoms with van der Waals surface area (Å²) >= 11 is 11.7. The van der Waals surface area contributed by atoms with Gasteiger partial charge in [-0.25, -0.2) is 0 Å². The molecule has 0 fully saturated rings. The van der Waals surface area contributed by atoms with Crippen LogP contribution in [0.5, 0.6) is 11.5 Å². The van der Waals surface area contributed by atoms with Crippen LogP contribution in [-0.4, -0.2) is 25.9 Å². The van der Waals surface area contributed by atoms with Crippen LogP contribution < -0.4 is 14.8 Å². The van der Waals surface area contributed by atoms with Crippen LogP contribution >= 0.6 is 23.2 Å². The van der Waals surface area contributed by atoms with Gasteiger partial charge in [-0.15, -0.1) is 0 Å². The second-order valence-electron chi connectivity index (χ2n) is 4.52. The summed E-state index contributed by atoms with van der Waals surface area (Å²) in [6.07, 6.45) is 0.681. The molecule has 23 heavy (non-hydrogen) atoms. The molecule has 0 aliphatic carbocycles. The first-order chi connectivity index (χ1) is 11.0. The van der Waals surface area contributed by atoms with Crippen LogP contribution in [0.25, 0.3) is 0 Å². The molecule has 0 atom stereocenters. The number of rotatable bonds is 6. The number of benzene rings is 2. The van der Waals surface area contributed by atoms with E-state index in [1.807, 2.05) is 0 Å². The lowest BCUT2D eigenvalue weighted by Gasteiger charge is -2.11. The van der Waals surface area contributed by atoms with Gasteiger partial charge in [0.2, 0.25) is 0 Å². The zero-order valence-corrected chi connectivity index (χ0v) is 13.6. The van der Waals surface area contributed by atoms with Crippen molar-refractivity contribution in [3.63, 3.8) is 0 Å². The highest BCUT2D eigenvalue weighted by molar-refractivity contribution is 6.35. The molecular weight excluding hydrogens is 341 g/mol. The summed E-state index contributed by atoms with van der Waals surface area (Å²) in [5, 5.41) is 3.44. The van der Waals surface area contributed by atoms with Gasteiger partial charge in [0.05, 0.1) is 7.11 Å². The number of halogens is 2. The van der Waals surface area contributed by atoms with Gasteiger partial charge in [-0.3, -0.25) is 9.59 Å². The van der Waals surface area contributed by atoms with Gasteiger partial charge < -0.3 is 14.8 Å². The lowest BCUT2D eigenvalue weighted by atomic mass is 10.2. The molecule has 1 N–H and O–H groups in total. The van der Waals surface area contributed by atoms with E-state index < -0.39 is 5.91 Å². The summed E-state index contributed by atoms with van der Waals surface area (Å²) in [5.74, 6) is 0.326. The molecule has 0 aliphatic rings. The van der Waals surface area contributed by atoms with Crippen molar-refractivity contribution in [1.29, 1.82) is 0 Å². The summed E-state index contributed by atoms with van der Waals surface area (Å²) in [4.78, 5) is 22.7. The van der Waals surface area contributed by atoms with Crippen LogP contribution in [0.3, 0.4) is 0 Å². The molecule has 0 spiro atoms. The van der Waals surface area contributed by atoms with Crippen LogP contribution in [0.4, 0.5) is 5.69 Å². The van der Waals surface area contributed by atoms with Crippen molar-refractivity contribution >= 4 is 41.1 Å². The molecular formula is C16H13Cl2NO4. The maximum Gasteiger partial charge on any atom is 0.262 e. The minimum atomic E-state index is -0.401. The summed E-state index contributed by atoms with van der Waals surface area (Å²) in [6, 6.07) is 9.37. The Hall–Kier alpha value is -2.24. The molecule has 0 bridgehead atoms. The van der Waals surface area contributed by atoms with Crippen molar-refractivity contribution < 1.29 is 19.1 Å². The number of carbonyl (C=O) groups is 2. The van der Waals surface area contributed by atoms with Crippen molar-refractivity contribution in [2.24, 2.45) is 0 Å². The molecule has 0 unspecified atom stereocenters. The number of ether oxygens (including phenoxy) is 2. The third-order valence-corrected chi connectivity index (χ3v) is 3.27. The first kappa shape index (κ1) is 17.1. The molecule has 0 aromatic heterocycles. The number of aldehydes is 1. The molecule has 1 amide bonds. The molecule has 2 aromatic carbocycles. The Bertz CT molecular complexity index is 714. The molecule has 2 rings (SSSR count). The Morgan fingerprint density at radius 3 is 2.43 bits per heavy atom. The predicted octanol–water partition coefficient (Wildman–Crippen LogP) is 3.83. The summed E-state index contributed by atoms with van der Waals surface area (Å²) in [5.41, 5.74) is 0.882. The standard InChI is InChI=1S/C16H13Cl2NO4/c1-22-14-3-2-10(8-20)4-15(14)23-9-16(21)19-13-6-11(17)5-12(18)7-13/h2-8H,9H2,1H3,(H,19,21). The summed E-state index contributed by atoms with van der Waals surface area (Å²) in [7, 11) is 1.47. The van der Waals surface area contributed by atoms with Crippen molar-refractivity contribution in [3.8, 4) is 11.5 Å². The number of carbonyl (C=O) groups excluding carboxylic acids is 2. The first-order valence-electron chi connectivity index (χ1n) is 6.54. The summed E-state index contributed by atoms with van der Waals surface area (Å²) in [6.45, 7) is -0.261. The Morgan fingerprint density at radius 2 is 1.83 bits per heavy atom. The molecule has 0 radical (unpaired) electrons. The quantitative estimate of drug-likeness (QED) is 0.801. The van der Waals surface area contributed by atoms with Gasteiger partial charge >= 0.3 is 0 Å². The van der Waals surface area contributed by atoms with Gasteiger partial charge in [0.15, 0.2) is 18.1 Å². The first-order valence-corrected chi connectivity index (χ1v) is 7.29. The number of methoxy groups -OCH3 is 1. The maximum absolute atomic E-state index is 11.9. The van der Waals surface area contributed by atoms with Crippen LogP contribution in [-0.2, 0) is 4.79 Å². The average molecular weight is 354 g/mol. The zero-order chi connectivity index (χ0) is 16.8. The number of hydrogen-bond donors (Lipinski definition) is 1. The Kier molecular flexibility index (Phi) is 5.84. The largest absolute Gasteiger partial charge is 0.493 e. The molecule has 120 valence electrons. The van der Waals surface area contributed by atoms with Crippen molar-refractivity contribution in [3.05, 3.63) is 52.0 Å². The molecule has 7 heteroatoms. The fourth-order valence-electron chi connectivity index (χ4n) is 1.85. The second kappa shape index (κ2) is 7.85. The second-order valence-corrected chi connectivity index (χ2v) is 5.40. The number of hydrogen-bond acceptors (Lipinski definition) is 4. The SMILES string of the molecule is COc1ccc(C=O)cc1OCC(=O)Nc1cc(Cl)cc(Cl)c1. The fraction of sp³-hybridized carbons (Fsp3) is 0.125. The van der Waals surface area contributed by atoms with E-state index in [1.165, 1.54) is 13.2 Å². The Labute approximate surface area is 143 Å². The highest BCUT2D eigenvalue weighted by Crippen LogP contribution is 2.27. The van der Waals surface area contributed by atoms with Gasteiger partial charge in [0.25, 0.3) is 5.91 Å². The molecule has 2 aromatic rings. The summed E-state index contributed by atoms with van der Waals surface area (Å²) < 4.78 is 10.5. The van der Waals surface area contributed by atoms with E-state index in [0.29, 0.717) is 39.1 Å². The van der Waals surface area contributed by atoms with Crippen molar-refractivity contribution in [2.45, 2.75) is 0 Å².